The van der Waals surface area contributed by atoms with E-state index >= 15 is 0 Å². The van der Waals surface area contributed by atoms with Crippen LogP contribution in [0, 0.1) is 17.3 Å². The van der Waals surface area contributed by atoms with Gasteiger partial charge >= 0.3 is 0 Å². The van der Waals surface area contributed by atoms with Crippen LogP contribution in [-0.4, -0.2) is 7.85 Å². The summed E-state index contributed by atoms with van der Waals surface area (Å²) < 4.78 is 0. The highest BCUT2D eigenvalue weighted by Gasteiger charge is 2.38. The molecule has 0 radical (unpaired) electrons. The zero-order valence-corrected chi connectivity index (χ0v) is 13.9. The van der Waals surface area contributed by atoms with Gasteiger partial charge in [0.25, 0.3) is 0 Å². The van der Waals surface area contributed by atoms with Crippen molar-refractivity contribution in [3.8, 4) is 0 Å². The Hall–Kier alpha value is 0.0649. The third kappa shape index (κ3) is 3.79. The number of hydrogen-bond donors (Lipinski definition) is 0. The van der Waals surface area contributed by atoms with Crippen molar-refractivity contribution in [2.24, 2.45) is 17.3 Å². The molecule has 0 atom stereocenters. The van der Waals surface area contributed by atoms with Crippen molar-refractivity contribution in [3.05, 3.63) is 0 Å². The average Bonchev–Trinajstić information content (AvgIpc) is 2.33. The first-order valence-electron chi connectivity index (χ1n) is 8.92. The van der Waals surface area contributed by atoms with Crippen LogP contribution in [0.25, 0.3) is 0 Å². The van der Waals surface area contributed by atoms with Gasteiger partial charge in [-0.05, 0) is 17.3 Å². The summed E-state index contributed by atoms with van der Waals surface area (Å²) in [5.74, 6) is 2.16. The van der Waals surface area contributed by atoms with E-state index in [1.807, 2.05) is 0 Å². The van der Waals surface area contributed by atoms with Crippen LogP contribution in [0.2, 0.25) is 5.31 Å². The van der Waals surface area contributed by atoms with E-state index in [-0.39, 0.29) is 0 Å². The molecule has 2 aliphatic carbocycles. The first kappa shape index (κ1) is 15.5. The van der Waals surface area contributed by atoms with Gasteiger partial charge in [-0.3, -0.25) is 0 Å². The van der Waals surface area contributed by atoms with Gasteiger partial charge < -0.3 is 0 Å². The van der Waals surface area contributed by atoms with Crippen LogP contribution in [0.4, 0.5) is 0 Å². The smallest absolute Gasteiger partial charge is 0.0603 e. The molecular formula is C18H35B. The highest BCUT2D eigenvalue weighted by atomic mass is 14.4. The number of hydrogen-bond acceptors (Lipinski definition) is 0. The molecule has 0 aromatic rings. The maximum absolute atomic E-state index is 2.55. The second-order valence-corrected chi connectivity index (χ2v) is 8.75. The SMILES string of the molecule is BC1(C(C)(C)C)CCCC(C2CCCCC2)CCC1. The minimum absolute atomic E-state index is 0.477. The summed E-state index contributed by atoms with van der Waals surface area (Å²) in [5, 5.41) is 0.574. The molecule has 1 heteroatoms. The van der Waals surface area contributed by atoms with Crippen LogP contribution < -0.4 is 0 Å². The topological polar surface area (TPSA) is 0 Å². The van der Waals surface area contributed by atoms with Gasteiger partial charge in [-0.25, -0.2) is 0 Å². The van der Waals surface area contributed by atoms with Gasteiger partial charge in [-0.15, -0.1) is 0 Å². The molecule has 0 aromatic heterocycles. The minimum atomic E-state index is 0.477. The van der Waals surface area contributed by atoms with Crippen molar-refractivity contribution in [1.29, 1.82) is 0 Å². The summed E-state index contributed by atoms with van der Waals surface area (Å²) in [6.07, 6.45) is 16.5. The van der Waals surface area contributed by atoms with Crippen molar-refractivity contribution in [1.82, 2.24) is 0 Å². The second kappa shape index (κ2) is 6.23. The Bertz CT molecular complexity index is 260. The standard InChI is InChI=1S/C18H35B/c1-17(2,3)18(19)13-7-11-16(12-8-14-18)15-9-5-4-6-10-15/h15-16H,4-14,19H2,1-3H3. The molecule has 0 bridgehead atoms. The van der Waals surface area contributed by atoms with Gasteiger partial charge in [0.05, 0.1) is 0 Å². The Labute approximate surface area is 122 Å². The van der Waals surface area contributed by atoms with E-state index < -0.39 is 0 Å². The van der Waals surface area contributed by atoms with Crippen LogP contribution >= 0.6 is 0 Å². The molecule has 110 valence electrons. The van der Waals surface area contributed by atoms with E-state index in [4.69, 9.17) is 0 Å². The molecule has 2 rings (SSSR count). The Morgan fingerprint density at radius 1 is 0.737 bits per heavy atom. The van der Waals surface area contributed by atoms with Crippen molar-refractivity contribution >= 4 is 7.85 Å². The monoisotopic (exact) mass is 262 g/mol. The zero-order valence-electron chi connectivity index (χ0n) is 13.9. The molecule has 2 fully saturated rings. The summed E-state index contributed by atoms with van der Waals surface area (Å²) in [4.78, 5) is 0. The predicted octanol–water partition coefficient (Wildman–Crippen LogP) is 5.38. The molecule has 0 N–H and O–H groups in total. The fourth-order valence-electron chi connectivity index (χ4n) is 4.61. The fourth-order valence-corrected chi connectivity index (χ4v) is 4.61. The zero-order chi connectivity index (χ0) is 13.9. The largest absolute Gasteiger partial charge is 0.110 e. The van der Waals surface area contributed by atoms with Gasteiger partial charge in [0.2, 0.25) is 0 Å². The molecule has 0 nitrogen and oxygen atoms in total. The maximum atomic E-state index is 2.55. The molecule has 19 heavy (non-hydrogen) atoms. The summed E-state index contributed by atoms with van der Waals surface area (Å²) in [7, 11) is 2.55. The summed E-state index contributed by atoms with van der Waals surface area (Å²) in [5.41, 5.74) is 0.477. The van der Waals surface area contributed by atoms with Crippen molar-refractivity contribution in [2.45, 2.75) is 96.7 Å². The van der Waals surface area contributed by atoms with E-state index in [0.717, 1.165) is 11.8 Å². The number of rotatable bonds is 1. The van der Waals surface area contributed by atoms with Gasteiger partial charge in [-0.1, -0.05) is 96.7 Å². The first-order valence-corrected chi connectivity index (χ1v) is 8.92. The lowest BCUT2D eigenvalue weighted by Crippen LogP contribution is -2.31. The molecule has 0 heterocycles. The third-order valence-electron chi connectivity index (χ3n) is 6.73. The molecule has 0 aliphatic heterocycles. The molecule has 2 aliphatic rings. The summed E-state index contributed by atoms with van der Waals surface area (Å²) >= 11 is 0. The molecular weight excluding hydrogens is 227 g/mol. The van der Waals surface area contributed by atoms with E-state index in [1.54, 1.807) is 12.8 Å². The van der Waals surface area contributed by atoms with Crippen LogP contribution in [0.1, 0.15) is 91.4 Å². The van der Waals surface area contributed by atoms with E-state index in [2.05, 4.69) is 28.6 Å². The molecule has 0 saturated heterocycles. The Balaban J connectivity index is 1.89. The summed E-state index contributed by atoms with van der Waals surface area (Å²) in [6, 6.07) is 0. The molecule has 0 aromatic carbocycles. The highest BCUT2D eigenvalue weighted by Crippen LogP contribution is 2.53. The van der Waals surface area contributed by atoms with Crippen LogP contribution in [-0.2, 0) is 0 Å². The predicted molar refractivity (Wildman–Crippen MR) is 88.5 cm³/mol. The lowest BCUT2D eigenvalue weighted by Gasteiger charge is -2.45. The quantitative estimate of drug-likeness (QED) is 0.557. The molecule has 0 unspecified atom stereocenters. The van der Waals surface area contributed by atoms with E-state index in [9.17, 15) is 0 Å². The van der Waals surface area contributed by atoms with Gasteiger partial charge in [-0.2, -0.15) is 0 Å². The maximum Gasteiger partial charge on any atom is 0.110 e. The molecule has 2 saturated carbocycles. The van der Waals surface area contributed by atoms with Crippen LogP contribution in [0.15, 0.2) is 0 Å². The highest BCUT2D eigenvalue weighted by molar-refractivity contribution is 6.15. The van der Waals surface area contributed by atoms with Gasteiger partial charge in [0.15, 0.2) is 0 Å². The normalized spacial score (nSPS) is 35.6. The Morgan fingerprint density at radius 3 is 1.58 bits per heavy atom. The van der Waals surface area contributed by atoms with E-state index in [1.165, 1.54) is 57.8 Å². The fraction of sp³-hybridized carbons (Fsp3) is 1.00. The second-order valence-electron chi connectivity index (χ2n) is 8.75. The molecule has 0 amide bonds. The van der Waals surface area contributed by atoms with E-state index in [0.29, 0.717) is 10.7 Å². The summed E-state index contributed by atoms with van der Waals surface area (Å²) in [6.45, 7) is 7.35. The van der Waals surface area contributed by atoms with Crippen molar-refractivity contribution in [2.75, 3.05) is 0 Å². The lowest BCUT2D eigenvalue weighted by molar-refractivity contribution is 0.162. The average molecular weight is 262 g/mol. The van der Waals surface area contributed by atoms with Crippen molar-refractivity contribution in [3.63, 3.8) is 0 Å². The molecule has 0 spiro atoms. The lowest BCUT2D eigenvalue weighted by atomic mass is 9.49. The van der Waals surface area contributed by atoms with Crippen LogP contribution in [0.5, 0.6) is 0 Å². The third-order valence-corrected chi connectivity index (χ3v) is 6.73. The first-order chi connectivity index (χ1) is 8.92. The Kier molecular flexibility index (Phi) is 5.07. The van der Waals surface area contributed by atoms with Gasteiger partial charge in [0, 0.05) is 0 Å². The minimum Gasteiger partial charge on any atom is -0.0603 e. The van der Waals surface area contributed by atoms with Crippen molar-refractivity contribution < 1.29 is 0 Å². The van der Waals surface area contributed by atoms with Gasteiger partial charge in [0.1, 0.15) is 7.85 Å². The Morgan fingerprint density at radius 2 is 1.16 bits per heavy atom. The van der Waals surface area contributed by atoms with Crippen LogP contribution in [0.3, 0.4) is 0 Å².